The lowest BCUT2D eigenvalue weighted by Crippen LogP contribution is -2.46. The zero-order valence-corrected chi connectivity index (χ0v) is 9.95. The van der Waals surface area contributed by atoms with Crippen LogP contribution >= 0.6 is 11.3 Å². The summed E-state index contributed by atoms with van der Waals surface area (Å²) in [5.74, 6) is -1.89. The van der Waals surface area contributed by atoms with Gasteiger partial charge in [-0.1, -0.05) is 0 Å². The van der Waals surface area contributed by atoms with E-state index < -0.39 is 17.9 Å². The fourth-order valence-electron chi connectivity index (χ4n) is 1.20. The molecule has 16 heavy (non-hydrogen) atoms. The summed E-state index contributed by atoms with van der Waals surface area (Å²) in [5.41, 5.74) is 6.33. The minimum Gasteiger partial charge on any atom is -0.480 e. The van der Waals surface area contributed by atoms with Crippen LogP contribution in [0.4, 0.5) is 0 Å². The van der Waals surface area contributed by atoms with E-state index in [2.05, 4.69) is 0 Å². The van der Waals surface area contributed by atoms with E-state index in [1.165, 1.54) is 16.2 Å². The van der Waals surface area contributed by atoms with Crippen molar-refractivity contribution in [1.29, 1.82) is 0 Å². The van der Waals surface area contributed by atoms with E-state index in [1.807, 2.05) is 18.4 Å². The third kappa shape index (κ3) is 2.80. The van der Waals surface area contributed by atoms with Gasteiger partial charge in [0.2, 0.25) is 0 Å². The predicted molar refractivity (Wildman–Crippen MR) is 61.1 cm³/mol. The summed E-state index contributed by atoms with van der Waals surface area (Å²) in [6.07, 6.45) is 0. The average Bonchev–Trinajstić information content (AvgIpc) is 2.62. The molecule has 6 heteroatoms. The normalized spacial score (nSPS) is 12.2. The first-order valence-electron chi connectivity index (χ1n) is 4.69. The molecule has 0 spiro atoms. The zero-order chi connectivity index (χ0) is 12.3. The molecule has 0 aliphatic carbocycles. The number of carbonyl (C=O) groups is 2. The van der Waals surface area contributed by atoms with Crippen LogP contribution < -0.4 is 5.73 Å². The fourth-order valence-corrected chi connectivity index (χ4v) is 2.16. The maximum Gasteiger partial charge on any atom is 0.330 e. The molecule has 1 rings (SSSR count). The van der Waals surface area contributed by atoms with E-state index in [4.69, 9.17) is 10.8 Å². The molecule has 0 bridgehead atoms. The van der Waals surface area contributed by atoms with Gasteiger partial charge in [0.15, 0.2) is 6.04 Å². The molecule has 88 valence electrons. The summed E-state index contributed by atoms with van der Waals surface area (Å²) in [4.78, 5) is 24.5. The van der Waals surface area contributed by atoms with Gasteiger partial charge in [0.25, 0.3) is 5.91 Å². The topological polar surface area (TPSA) is 83.6 Å². The molecule has 0 aromatic carbocycles. The van der Waals surface area contributed by atoms with Gasteiger partial charge in [0, 0.05) is 11.9 Å². The third-order valence-electron chi connectivity index (χ3n) is 2.26. The van der Waals surface area contributed by atoms with Gasteiger partial charge in [-0.15, -0.1) is 11.3 Å². The Morgan fingerprint density at radius 1 is 1.62 bits per heavy atom. The number of carboxylic acid groups (broad SMARTS) is 1. The number of thiophene rings is 1. The number of nitrogens with zero attached hydrogens (tertiary/aromatic N) is 1. The van der Waals surface area contributed by atoms with Gasteiger partial charge in [-0.05, 0) is 23.9 Å². The summed E-state index contributed by atoms with van der Waals surface area (Å²) >= 11 is 1.53. The molecule has 3 N–H and O–H groups in total. The van der Waals surface area contributed by atoms with Gasteiger partial charge in [0.05, 0.1) is 6.54 Å². The maximum atomic E-state index is 11.5. The van der Waals surface area contributed by atoms with Crippen LogP contribution in [0.15, 0.2) is 11.4 Å². The molecule has 1 atom stereocenters. The Morgan fingerprint density at radius 2 is 2.25 bits per heavy atom. The van der Waals surface area contributed by atoms with Crippen molar-refractivity contribution < 1.29 is 14.7 Å². The summed E-state index contributed by atoms with van der Waals surface area (Å²) in [6.45, 7) is 2.34. The van der Waals surface area contributed by atoms with Gasteiger partial charge >= 0.3 is 5.97 Å². The van der Waals surface area contributed by atoms with Crippen molar-refractivity contribution in [3.63, 3.8) is 0 Å². The van der Waals surface area contributed by atoms with Crippen LogP contribution in [0.2, 0.25) is 0 Å². The van der Waals surface area contributed by atoms with Crippen molar-refractivity contribution in [2.45, 2.75) is 19.5 Å². The first-order chi connectivity index (χ1) is 7.43. The van der Waals surface area contributed by atoms with Crippen molar-refractivity contribution in [1.82, 2.24) is 4.90 Å². The molecule has 0 saturated heterocycles. The van der Waals surface area contributed by atoms with Crippen molar-refractivity contribution >= 4 is 23.2 Å². The number of carbonyl (C=O) groups excluding carboxylic acids is 1. The SMILES string of the molecule is Cc1ccsc1CN(C)C(=O)C(N)C(=O)O. The molecule has 0 aliphatic rings. The fraction of sp³-hybridized carbons (Fsp3) is 0.400. The van der Waals surface area contributed by atoms with Crippen LogP contribution in [-0.4, -0.2) is 35.0 Å². The number of nitrogens with two attached hydrogens (primary N) is 1. The zero-order valence-electron chi connectivity index (χ0n) is 9.14. The van der Waals surface area contributed by atoms with Crippen LogP contribution in [0.5, 0.6) is 0 Å². The minimum absolute atomic E-state index is 0.392. The van der Waals surface area contributed by atoms with Gasteiger partial charge in [-0.3, -0.25) is 4.79 Å². The lowest BCUT2D eigenvalue weighted by Gasteiger charge is -2.18. The highest BCUT2D eigenvalue weighted by molar-refractivity contribution is 7.10. The second-order valence-electron chi connectivity index (χ2n) is 3.54. The Bertz CT molecular complexity index is 403. The summed E-state index contributed by atoms with van der Waals surface area (Å²) in [6, 6.07) is 0.473. The Labute approximate surface area is 97.5 Å². The van der Waals surface area contributed by atoms with Crippen molar-refractivity contribution in [3.05, 3.63) is 21.9 Å². The first kappa shape index (κ1) is 12.7. The molecular weight excluding hydrogens is 228 g/mol. The number of hydrogen-bond acceptors (Lipinski definition) is 4. The van der Waals surface area contributed by atoms with Crippen LogP contribution in [-0.2, 0) is 16.1 Å². The van der Waals surface area contributed by atoms with Crippen molar-refractivity contribution in [2.75, 3.05) is 7.05 Å². The Morgan fingerprint density at radius 3 is 2.69 bits per heavy atom. The number of aliphatic carboxylic acids is 1. The lowest BCUT2D eigenvalue weighted by molar-refractivity contribution is -0.146. The van der Waals surface area contributed by atoms with Crippen molar-refractivity contribution in [2.24, 2.45) is 5.73 Å². The van der Waals surface area contributed by atoms with Gasteiger partial charge in [-0.25, -0.2) is 4.79 Å². The van der Waals surface area contributed by atoms with E-state index in [-0.39, 0.29) is 0 Å². The van der Waals surface area contributed by atoms with Gasteiger partial charge in [-0.2, -0.15) is 0 Å². The first-order valence-corrected chi connectivity index (χ1v) is 5.57. The average molecular weight is 242 g/mol. The summed E-state index contributed by atoms with van der Waals surface area (Å²) in [7, 11) is 1.55. The second-order valence-corrected chi connectivity index (χ2v) is 4.54. The van der Waals surface area contributed by atoms with Gasteiger partial charge < -0.3 is 15.7 Å². The van der Waals surface area contributed by atoms with E-state index in [1.54, 1.807) is 7.05 Å². The summed E-state index contributed by atoms with van der Waals surface area (Å²) < 4.78 is 0. The number of likely N-dealkylation sites (N-methyl/N-ethyl adjacent to an activating group) is 1. The van der Waals surface area contributed by atoms with E-state index in [0.29, 0.717) is 6.54 Å². The van der Waals surface area contributed by atoms with Crippen LogP contribution in [0, 0.1) is 6.92 Å². The number of rotatable bonds is 4. The standard InChI is InChI=1S/C10H14N2O3S/c1-6-3-4-16-7(6)5-12(2)9(13)8(11)10(14)15/h3-4,8H,5,11H2,1-2H3,(H,14,15). The Kier molecular flexibility index (Phi) is 4.03. The summed E-state index contributed by atoms with van der Waals surface area (Å²) in [5, 5.41) is 10.5. The minimum atomic E-state index is -1.48. The highest BCUT2D eigenvalue weighted by Crippen LogP contribution is 2.17. The maximum absolute atomic E-state index is 11.5. The molecular formula is C10H14N2O3S. The molecule has 1 unspecified atom stereocenters. The van der Waals surface area contributed by atoms with Crippen molar-refractivity contribution in [3.8, 4) is 0 Å². The van der Waals surface area contributed by atoms with E-state index in [9.17, 15) is 9.59 Å². The van der Waals surface area contributed by atoms with Gasteiger partial charge in [0.1, 0.15) is 0 Å². The Hall–Kier alpha value is -1.40. The number of hydrogen-bond donors (Lipinski definition) is 2. The molecule has 0 aliphatic heterocycles. The Balaban J connectivity index is 2.66. The number of amides is 1. The van der Waals surface area contributed by atoms with E-state index in [0.717, 1.165) is 10.4 Å². The quantitative estimate of drug-likeness (QED) is 0.750. The smallest absolute Gasteiger partial charge is 0.330 e. The van der Waals surface area contributed by atoms with Crippen LogP contribution in [0.1, 0.15) is 10.4 Å². The molecule has 5 nitrogen and oxygen atoms in total. The molecule has 1 amide bonds. The third-order valence-corrected chi connectivity index (χ3v) is 3.27. The highest BCUT2D eigenvalue weighted by atomic mass is 32.1. The molecule has 0 saturated carbocycles. The van der Waals surface area contributed by atoms with Crippen LogP contribution in [0.25, 0.3) is 0 Å². The van der Waals surface area contributed by atoms with E-state index >= 15 is 0 Å². The molecule has 1 heterocycles. The number of carboxylic acids is 1. The predicted octanol–water partition coefficient (Wildman–Crippen LogP) is 0.427. The molecule has 1 aromatic heterocycles. The number of aryl methyl sites for hydroxylation is 1. The van der Waals surface area contributed by atoms with Crippen LogP contribution in [0.3, 0.4) is 0 Å². The molecule has 0 fully saturated rings. The monoisotopic (exact) mass is 242 g/mol. The second kappa shape index (κ2) is 5.09. The lowest BCUT2D eigenvalue weighted by atomic mass is 10.2. The molecule has 0 radical (unpaired) electrons. The largest absolute Gasteiger partial charge is 0.480 e. The highest BCUT2D eigenvalue weighted by Gasteiger charge is 2.24. The molecule has 1 aromatic rings.